The summed E-state index contributed by atoms with van der Waals surface area (Å²) in [6, 6.07) is 0. The summed E-state index contributed by atoms with van der Waals surface area (Å²) >= 11 is 0. The molecular formula is C14H25N3O3S. The largest absolute Gasteiger partial charge is 0.352 e. The minimum atomic E-state index is -3.33. The van der Waals surface area contributed by atoms with Crippen LogP contribution in [0.5, 0.6) is 0 Å². The number of rotatable bonds is 5. The lowest BCUT2D eigenvalue weighted by Gasteiger charge is -2.35. The first kappa shape index (κ1) is 16.5. The summed E-state index contributed by atoms with van der Waals surface area (Å²) in [7, 11) is -3.33. The third kappa shape index (κ3) is 4.05. The van der Waals surface area contributed by atoms with Gasteiger partial charge in [0.1, 0.15) is 0 Å². The molecule has 2 fully saturated rings. The summed E-state index contributed by atoms with van der Waals surface area (Å²) in [5, 5.41) is 2.78. The van der Waals surface area contributed by atoms with Gasteiger partial charge < -0.3 is 5.32 Å². The van der Waals surface area contributed by atoms with Crippen LogP contribution in [0.2, 0.25) is 0 Å². The summed E-state index contributed by atoms with van der Waals surface area (Å²) in [5.74, 6) is -0.0809. The standard InChI is InChI=1S/C14H25N3O3S/c1-2-8-15-14(18)13-6-11-17(12-7-13)21(19,20)16-9-4-3-5-10-16/h2,13H,1,3-12H2,(H,15,18). The van der Waals surface area contributed by atoms with Crippen molar-refractivity contribution in [3.63, 3.8) is 0 Å². The third-order valence-corrected chi connectivity index (χ3v) is 6.25. The van der Waals surface area contributed by atoms with Gasteiger partial charge in [0.25, 0.3) is 10.2 Å². The van der Waals surface area contributed by atoms with Crippen molar-refractivity contribution in [3.8, 4) is 0 Å². The Bertz CT molecular complexity index is 464. The fraction of sp³-hybridized carbons (Fsp3) is 0.786. The van der Waals surface area contributed by atoms with E-state index in [-0.39, 0.29) is 11.8 Å². The first-order valence-electron chi connectivity index (χ1n) is 7.69. The van der Waals surface area contributed by atoms with Crippen LogP contribution >= 0.6 is 0 Å². The Labute approximate surface area is 127 Å². The predicted octanol–water partition coefficient (Wildman–Crippen LogP) is 0.731. The molecule has 2 aliphatic rings. The zero-order valence-electron chi connectivity index (χ0n) is 12.5. The molecule has 0 radical (unpaired) electrons. The lowest BCUT2D eigenvalue weighted by Crippen LogP contribution is -2.50. The van der Waals surface area contributed by atoms with Crippen molar-refractivity contribution >= 4 is 16.1 Å². The highest BCUT2D eigenvalue weighted by atomic mass is 32.2. The average molecular weight is 315 g/mol. The number of carbonyl (C=O) groups is 1. The van der Waals surface area contributed by atoms with Crippen molar-refractivity contribution in [2.45, 2.75) is 32.1 Å². The maximum atomic E-state index is 12.5. The quantitative estimate of drug-likeness (QED) is 0.761. The van der Waals surface area contributed by atoms with Crippen LogP contribution in [0.4, 0.5) is 0 Å². The monoisotopic (exact) mass is 315 g/mol. The van der Waals surface area contributed by atoms with Gasteiger partial charge >= 0.3 is 0 Å². The number of hydrogen-bond donors (Lipinski definition) is 1. The molecule has 0 saturated carbocycles. The van der Waals surface area contributed by atoms with E-state index in [4.69, 9.17) is 0 Å². The van der Waals surface area contributed by atoms with E-state index in [9.17, 15) is 13.2 Å². The Morgan fingerprint density at radius 3 is 2.24 bits per heavy atom. The maximum absolute atomic E-state index is 12.5. The van der Waals surface area contributed by atoms with Crippen LogP contribution in [0.1, 0.15) is 32.1 Å². The Balaban J connectivity index is 1.87. The van der Waals surface area contributed by atoms with E-state index >= 15 is 0 Å². The van der Waals surface area contributed by atoms with Gasteiger partial charge in [0.2, 0.25) is 5.91 Å². The molecule has 0 atom stereocenters. The molecule has 2 heterocycles. The van der Waals surface area contributed by atoms with Gasteiger partial charge in [-0.15, -0.1) is 6.58 Å². The number of piperidine rings is 2. The highest BCUT2D eigenvalue weighted by Crippen LogP contribution is 2.23. The topological polar surface area (TPSA) is 69.7 Å². The Hall–Kier alpha value is -0.920. The second-order valence-electron chi connectivity index (χ2n) is 5.67. The number of nitrogens with zero attached hydrogens (tertiary/aromatic N) is 2. The van der Waals surface area contributed by atoms with Crippen LogP contribution in [0, 0.1) is 5.92 Å². The first-order valence-corrected chi connectivity index (χ1v) is 9.09. The highest BCUT2D eigenvalue weighted by Gasteiger charge is 2.34. The SMILES string of the molecule is C=CCNC(=O)C1CCN(S(=O)(=O)N2CCCCC2)CC1. The predicted molar refractivity (Wildman–Crippen MR) is 81.8 cm³/mol. The lowest BCUT2D eigenvalue weighted by atomic mass is 9.97. The highest BCUT2D eigenvalue weighted by molar-refractivity contribution is 7.86. The van der Waals surface area contributed by atoms with E-state index in [0.717, 1.165) is 19.3 Å². The maximum Gasteiger partial charge on any atom is 0.281 e. The summed E-state index contributed by atoms with van der Waals surface area (Å²) < 4.78 is 28.2. The number of amides is 1. The van der Waals surface area contributed by atoms with Gasteiger partial charge in [-0.1, -0.05) is 12.5 Å². The van der Waals surface area contributed by atoms with E-state index in [1.165, 1.54) is 4.31 Å². The van der Waals surface area contributed by atoms with Crippen LogP contribution in [-0.2, 0) is 15.0 Å². The fourth-order valence-corrected chi connectivity index (χ4v) is 4.64. The smallest absolute Gasteiger partial charge is 0.281 e. The van der Waals surface area contributed by atoms with Crippen molar-refractivity contribution in [2.75, 3.05) is 32.7 Å². The molecule has 21 heavy (non-hydrogen) atoms. The molecule has 0 aliphatic carbocycles. The number of hydrogen-bond acceptors (Lipinski definition) is 3. The normalized spacial score (nSPS) is 22.9. The molecule has 1 N–H and O–H groups in total. The molecule has 0 unspecified atom stereocenters. The van der Waals surface area contributed by atoms with E-state index < -0.39 is 10.2 Å². The van der Waals surface area contributed by atoms with Gasteiger partial charge in [0, 0.05) is 38.6 Å². The zero-order valence-corrected chi connectivity index (χ0v) is 13.3. The van der Waals surface area contributed by atoms with Crippen LogP contribution in [0.15, 0.2) is 12.7 Å². The van der Waals surface area contributed by atoms with E-state index in [2.05, 4.69) is 11.9 Å². The Morgan fingerprint density at radius 1 is 1.10 bits per heavy atom. The van der Waals surface area contributed by atoms with E-state index in [1.807, 2.05) is 0 Å². The van der Waals surface area contributed by atoms with Crippen molar-refractivity contribution in [1.29, 1.82) is 0 Å². The van der Waals surface area contributed by atoms with Crippen LogP contribution < -0.4 is 5.32 Å². The van der Waals surface area contributed by atoms with Gasteiger partial charge in [-0.2, -0.15) is 17.0 Å². The fourth-order valence-electron chi connectivity index (χ4n) is 2.92. The van der Waals surface area contributed by atoms with Gasteiger partial charge in [0.15, 0.2) is 0 Å². The van der Waals surface area contributed by atoms with Crippen LogP contribution in [-0.4, -0.2) is 55.7 Å². The average Bonchev–Trinajstić information content (AvgIpc) is 2.53. The molecule has 0 aromatic rings. The minimum absolute atomic E-state index is 0.00456. The molecule has 0 spiro atoms. The number of carbonyl (C=O) groups excluding carboxylic acids is 1. The third-order valence-electron chi connectivity index (χ3n) is 4.21. The van der Waals surface area contributed by atoms with Gasteiger partial charge in [-0.25, -0.2) is 0 Å². The molecule has 0 aromatic heterocycles. The van der Waals surface area contributed by atoms with E-state index in [1.54, 1.807) is 10.4 Å². The van der Waals surface area contributed by atoms with Gasteiger partial charge in [0.05, 0.1) is 0 Å². The summed E-state index contributed by atoms with van der Waals surface area (Å²) in [6.07, 6.45) is 5.83. The van der Waals surface area contributed by atoms with Crippen molar-refractivity contribution in [2.24, 2.45) is 5.92 Å². The molecule has 2 rings (SSSR count). The zero-order chi connectivity index (χ0) is 15.3. The van der Waals surface area contributed by atoms with E-state index in [0.29, 0.717) is 45.6 Å². The molecule has 1 amide bonds. The minimum Gasteiger partial charge on any atom is -0.352 e. The Morgan fingerprint density at radius 2 is 1.67 bits per heavy atom. The molecule has 2 aliphatic heterocycles. The Kier molecular flexibility index (Phi) is 5.78. The lowest BCUT2D eigenvalue weighted by molar-refractivity contribution is -0.125. The van der Waals surface area contributed by atoms with Crippen molar-refractivity contribution in [3.05, 3.63) is 12.7 Å². The second-order valence-corrected chi connectivity index (χ2v) is 7.60. The molecule has 7 heteroatoms. The molecule has 6 nitrogen and oxygen atoms in total. The molecule has 0 bridgehead atoms. The summed E-state index contributed by atoms with van der Waals surface area (Å²) in [4.78, 5) is 11.9. The molecule has 0 aromatic carbocycles. The second kappa shape index (κ2) is 7.38. The summed E-state index contributed by atoms with van der Waals surface area (Å²) in [5.41, 5.74) is 0. The number of nitrogens with one attached hydrogen (secondary N) is 1. The van der Waals surface area contributed by atoms with Crippen molar-refractivity contribution < 1.29 is 13.2 Å². The van der Waals surface area contributed by atoms with Crippen LogP contribution in [0.25, 0.3) is 0 Å². The molecular weight excluding hydrogens is 290 g/mol. The molecule has 2 saturated heterocycles. The van der Waals surface area contributed by atoms with Crippen molar-refractivity contribution in [1.82, 2.24) is 13.9 Å². The molecule has 120 valence electrons. The van der Waals surface area contributed by atoms with Gasteiger partial charge in [-0.3, -0.25) is 4.79 Å². The van der Waals surface area contributed by atoms with Crippen LogP contribution in [0.3, 0.4) is 0 Å². The van der Waals surface area contributed by atoms with Gasteiger partial charge in [-0.05, 0) is 25.7 Å². The first-order chi connectivity index (χ1) is 10.1. The summed E-state index contributed by atoms with van der Waals surface area (Å²) in [6.45, 7) is 6.15.